The summed E-state index contributed by atoms with van der Waals surface area (Å²) in [7, 11) is 1.53. The van der Waals surface area contributed by atoms with Crippen molar-refractivity contribution in [1.29, 1.82) is 0 Å². The van der Waals surface area contributed by atoms with E-state index in [9.17, 15) is 19.5 Å². The molecule has 2 heterocycles. The number of carboxylic acid groups (broad SMARTS) is 1. The van der Waals surface area contributed by atoms with Crippen LogP contribution in [0, 0.1) is 0 Å². The Hall–Kier alpha value is -3.69. The molecular formula is C24H18ClNO7S. The molecule has 10 heteroatoms. The summed E-state index contributed by atoms with van der Waals surface area (Å²) in [6.07, 6.45) is 1.48. The number of rotatable bonds is 8. The first-order chi connectivity index (χ1) is 16.4. The highest BCUT2D eigenvalue weighted by atomic mass is 35.5. The van der Waals surface area contributed by atoms with Crippen LogP contribution in [0.1, 0.15) is 16.1 Å². The highest BCUT2D eigenvalue weighted by Gasteiger charge is 2.35. The summed E-state index contributed by atoms with van der Waals surface area (Å²) in [6.45, 7) is 0.186. The molecule has 1 saturated heterocycles. The Balaban J connectivity index is 1.44. The number of para-hydroxylation sites is 2. The average molecular weight is 500 g/mol. The predicted molar refractivity (Wildman–Crippen MR) is 127 cm³/mol. The molecule has 2 aromatic carbocycles. The van der Waals surface area contributed by atoms with Crippen molar-refractivity contribution >= 4 is 46.6 Å². The van der Waals surface area contributed by atoms with Crippen molar-refractivity contribution in [2.45, 2.75) is 0 Å². The molecule has 0 aliphatic carbocycles. The third kappa shape index (κ3) is 4.95. The highest BCUT2D eigenvalue weighted by molar-refractivity contribution is 8.18. The van der Waals surface area contributed by atoms with Crippen LogP contribution in [-0.2, 0) is 4.79 Å². The molecule has 0 spiro atoms. The molecule has 1 aliphatic rings. The Morgan fingerprint density at radius 3 is 2.65 bits per heavy atom. The van der Waals surface area contributed by atoms with Gasteiger partial charge in [-0.3, -0.25) is 14.5 Å². The molecule has 1 fully saturated rings. The van der Waals surface area contributed by atoms with Gasteiger partial charge in [-0.1, -0.05) is 23.7 Å². The van der Waals surface area contributed by atoms with Gasteiger partial charge in [-0.2, -0.15) is 0 Å². The van der Waals surface area contributed by atoms with Gasteiger partial charge in [0, 0.05) is 11.6 Å². The van der Waals surface area contributed by atoms with Crippen LogP contribution in [0.4, 0.5) is 4.79 Å². The van der Waals surface area contributed by atoms with E-state index < -0.39 is 17.1 Å². The second-order valence-corrected chi connectivity index (χ2v) is 8.43. The van der Waals surface area contributed by atoms with Crippen LogP contribution < -0.4 is 9.47 Å². The summed E-state index contributed by atoms with van der Waals surface area (Å²) in [6, 6.07) is 14.9. The van der Waals surface area contributed by atoms with Crippen molar-refractivity contribution in [1.82, 2.24) is 4.90 Å². The minimum Gasteiger partial charge on any atom is -0.493 e. The van der Waals surface area contributed by atoms with E-state index in [0.717, 1.165) is 16.7 Å². The van der Waals surface area contributed by atoms with Gasteiger partial charge in [0.05, 0.1) is 29.1 Å². The van der Waals surface area contributed by atoms with Gasteiger partial charge in [0.15, 0.2) is 11.5 Å². The maximum absolute atomic E-state index is 12.7. The lowest BCUT2D eigenvalue weighted by atomic mass is 10.1. The van der Waals surface area contributed by atoms with Crippen LogP contribution in [0.15, 0.2) is 63.9 Å². The number of carboxylic acids is 1. The SMILES string of the molecule is COc1ccccc1OCCN1C(=O)S/C(=C\c2ccc(-c3ccc(Cl)c(C(=O)O)c3)o2)C1=O. The van der Waals surface area contributed by atoms with Gasteiger partial charge in [0.2, 0.25) is 0 Å². The number of imide groups is 1. The molecule has 1 aromatic heterocycles. The molecule has 4 rings (SSSR count). The van der Waals surface area contributed by atoms with Crippen LogP contribution >= 0.6 is 23.4 Å². The van der Waals surface area contributed by atoms with Crippen molar-refractivity contribution in [3.8, 4) is 22.8 Å². The first kappa shape index (κ1) is 23.5. The molecule has 1 aliphatic heterocycles. The number of halogens is 1. The van der Waals surface area contributed by atoms with Gasteiger partial charge in [0.1, 0.15) is 18.1 Å². The molecule has 8 nitrogen and oxygen atoms in total. The lowest BCUT2D eigenvalue weighted by Crippen LogP contribution is -2.32. The fourth-order valence-electron chi connectivity index (χ4n) is 3.23. The first-order valence-electron chi connectivity index (χ1n) is 10.0. The van der Waals surface area contributed by atoms with Crippen LogP contribution in [0.25, 0.3) is 17.4 Å². The molecule has 0 radical (unpaired) electrons. The molecule has 1 N–H and O–H groups in total. The van der Waals surface area contributed by atoms with Gasteiger partial charge in [-0.05, 0) is 54.2 Å². The van der Waals surface area contributed by atoms with Gasteiger partial charge >= 0.3 is 5.97 Å². The molecule has 3 aromatic rings. The van der Waals surface area contributed by atoms with Crippen molar-refractivity contribution in [3.05, 3.63) is 75.8 Å². The minimum absolute atomic E-state index is 0.0476. The second-order valence-electron chi connectivity index (χ2n) is 7.03. The van der Waals surface area contributed by atoms with Gasteiger partial charge in [0.25, 0.3) is 11.1 Å². The number of nitrogens with zero attached hydrogens (tertiary/aromatic N) is 1. The Bertz CT molecular complexity index is 1300. The number of aromatic carboxylic acids is 1. The summed E-state index contributed by atoms with van der Waals surface area (Å²) >= 11 is 6.72. The molecular weight excluding hydrogens is 482 g/mol. The number of ether oxygens (including phenoxy) is 2. The van der Waals surface area contributed by atoms with Crippen LogP contribution in [0.3, 0.4) is 0 Å². The average Bonchev–Trinajstić information content (AvgIpc) is 3.39. The molecule has 0 bridgehead atoms. The van der Waals surface area contributed by atoms with E-state index in [0.29, 0.717) is 28.6 Å². The molecule has 0 unspecified atom stereocenters. The fourth-order valence-corrected chi connectivity index (χ4v) is 4.28. The van der Waals surface area contributed by atoms with Crippen molar-refractivity contribution in [3.63, 3.8) is 0 Å². The number of benzene rings is 2. The quantitative estimate of drug-likeness (QED) is 0.409. The zero-order valence-corrected chi connectivity index (χ0v) is 19.4. The number of carbonyl (C=O) groups excluding carboxylic acids is 2. The number of amides is 2. The molecule has 2 amide bonds. The van der Waals surface area contributed by atoms with E-state index in [1.165, 1.54) is 25.3 Å². The molecule has 0 saturated carbocycles. The number of hydrogen-bond acceptors (Lipinski definition) is 7. The third-order valence-corrected chi connectivity index (χ3v) is 6.13. The Morgan fingerprint density at radius 1 is 1.15 bits per heavy atom. The number of hydrogen-bond donors (Lipinski definition) is 1. The largest absolute Gasteiger partial charge is 0.493 e. The van der Waals surface area contributed by atoms with Gasteiger partial charge in [-0.15, -0.1) is 0 Å². The third-order valence-electron chi connectivity index (χ3n) is 4.90. The predicted octanol–water partition coefficient (Wildman–Crippen LogP) is 5.42. The topological polar surface area (TPSA) is 106 Å². The molecule has 174 valence electrons. The minimum atomic E-state index is -1.15. The van der Waals surface area contributed by atoms with E-state index in [2.05, 4.69) is 0 Å². The molecule has 34 heavy (non-hydrogen) atoms. The van der Waals surface area contributed by atoms with Crippen LogP contribution in [-0.4, -0.2) is 47.4 Å². The monoisotopic (exact) mass is 499 g/mol. The standard InChI is InChI=1S/C24H18ClNO7S/c1-31-19-4-2-3-5-20(19)32-11-10-26-22(27)21(34-24(26)30)13-15-7-9-18(33-15)14-6-8-17(25)16(12-14)23(28)29/h2-9,12-13H,10-11H2,1H3,(H,28,29)/b21-13-. The maximum Gasteiger partial charge on any atom is 0.337 e. The second kappa shape index (κ2) is 10.1. The summed E-state index contributed by atoms with van der Waals surface area (Å²) < 4.78 is 16.6. The number of thioether (sulfide) groups is 1. The Kier molecular flexibility index (Phi) is 6.95. The summed E-state index contributed by atoms with van der Waals surface area (Å²) in [5, 5.41) is 8.96. The zero-order valence-electron chi connectivity index (χ0n) is 17.8. The van der Waals surface area contributed by atoms with Gasteiger partial charge in [-0.25, -0.2) is 4.79 Å². The molecule has 0 atom stereocenters. The van der Waals surface area contributed by atoms with Gasteiger partial charge < -0.3 is 19.0 Å². The summed E-state index contributed by atoms with van der Waals surface area (Å²) in [4.78, 5) is 37.7. The lowest BCUT2D eigenvalue weighted by molar-refractivity contribution is -0.123. The lowest BCUT2D eigenvalue weighted by Gasteiger charge is -2.14. The number of carbonyl (C=O) groups is 3. The maximum atomic E-state index is 12.7. The number of methoxy groups -OCH3 is 1. The van der Waals surface area contributed by atoms with E-state index in [1.807, 2.05) is 6.07 Å². The van der Waals surface area contributed by atoms with Crippen molar-refractivity contribution in [2.24, 2.45) is 0 Å². The Morgan fingerprint density at radius 2 is 1.91 bits per heavy atom. The van der Waals surface area contributed by atoms with E-state index in [4.69, 9.17) is 25.5 Å². The zero-order chi connectivity index (χ0) is 24.2. The van der Waals surface area contributed by atoms with E-state index in [-0.39, 0.29) is 28.6 Å². The van der Waals surface area contributed by atoms with E-state index in [1.54, 1.807) is 36.4 Å². The van der Waals surface area contributed by atoms with Crippen LogP contribution in [0.5, 0.6) is 11.5 Å². The number of furan rings is 1. The van der Waals surface area contributed by atoms with Crippen LogP contribution in [0.2, 0.25) is 5.02 Å². The normalized spacial score (nSPS) is 14.6. The van der Waals surface area contributed by atoms with E-state index >= 15 is 0 Å². The first-order valence-corrected chi connectivity index (χ1v) is 11.2. The van der Waals surface area contributed by atoms with Crippen molar-refractivity contribution in [2.75, 3.05) is 20.3 Å². The van der Waals surface area contributed by atoms with Crippen molar-refractivity contribution < 1.29 is 33.4 Å². The summed E-state index contributed by atoms with van der Waals surface area (Å²) in [5.41, 5.74) is 0.469. The fraction of sp³-hybridized carbons (Fsp3) is 0.125. The Labute approximate surface area is 203 Å². The summed E-state index contributed by atoms with van der Waals surface area (Å²) in [5.74, 6) is 0.218. The highest BCUT2D eigenvalue weighted by Crippen LogP contribution is 2.34. The smallest absolute Gasteiger partial charge is 0.337 e.